The Morgan fingerprint density at radius 1 is 1.33 bits per heavy atom. The van der Waals surface area contributed by atoms with Gasteiger partial charge in [-0.1, -0.05) is 13.8 Å². The summed E-state index contributed by atoms with van der Waals surface area (Å²) in [6.45, 7) is 11.1. The summed E-state index contributed by atoms with van der Waals surface area (Å²) in [5, 5.41) is 8.16. The van der Waals surface area contributed by atoms with Crippen LogP contribution in [0.1, 0.15) is 37.7 Å². The van der Waals surface area contributed by atoms with Gasteiger partial charge in [0.25, 0.3) is 0 Å². The Kier molecular flexibility index (Phi) is 4.40. The Morgan fingerprint density at radius 2 is 2.11 bits per heavy atom. The molecule has 0 aromatic carbocycles. The molecular weight excluding hydrogens is 224 g/mol. The summed E-state index contributed by atoms with van der Waals surface area (Å²) in [6, 6.07) is 0.602. The minimum atomic E-state index is 0.602. The molecule has 4 heteroatoms. The molecule has 1 aliphatic rings. The molecule has 0 saturated carbocycles. The van der Waals surface area contributed by atoms with Crippen LogP contribution >= 0.6 is 0 Å². The normalized spacial score (nSPS) is 21.4. The van der Waals surface area contributed by atoms with Crippen molar-refractivity contribution in [3.8, 4) is 0 Å². The maximum absolute atomic E-state index is 4.66. The van der Waals surface area contributed by atoms with Gasteiger partial charge in [0, 0.05) is 50.5 Å². The zero-order chi connectivity index (χ0) is 13.1. The van der Waals surface area contributed by atoms with Gasteiger partial charge >= 0.3 is 0 Å². The van der Waals surface area contributed by atoms with Crippen LogP contribution < -0.4 is 5.32 Å². The largest absolute Gasteiger partial charge is 0.312 e. The van der Waals surface area contributed by atoms with Crippen molar-refractivity contribution in [3.05, 3.63) is 17.0 Å². The number of nitrogens with zero attached hydrogens (tertiary/aromatic N) is 3. The molecule has 0 unspecified atom stereocenters. The van der Waals surface area contributed by atoms with Crippen molar-refractivity contribution in [2.45, 2.75) is 46.2 Å². The molecule has 1 aliphatic heterocycles. The first-order valence-electron chi connectivity index (χ1n) is 7.15. The quantitative estimate of drug-likeness (QED) is 0.875. The Bertz CT molecular complexity index is 397. The van der Waals surface area contributed by atoms with E-state index >= 15 is 0 Å². The molecule has 2 rings (SSSR count). The Labute approximate surface area is 110 Å². The van der Waals surface area contributed by atoms with E-state index in [1.807, 2.05) is 0 Å². The molecule has 4 nitrogen and oxygen atoms in total. The molecule has 2 heterocycles. The molecule has 0 aliphatic carbocycles. The fourth-order valence-electron chi connectivity index (χ4n) is 2.95. The van der Waals surface area contributed by atoms with Gasteiger partial charge in [-0.3, -0.25) is 9.58 Å². The molecule has 102 valence electrons. The summed E-state index contributed by atoms with van der Waals surface area (Å²) in [7, 11) is 2.07. The zero-order valence-corrected chi connectivity index (χ0v) is 12.2. The van der Waals surface area contributed by atoms with Gasteiger partial charge in [-0.2, -0.15) is 5.10 Å². The number of aromatic nitrogens is 2. The summed E-state index contributed by atoms with van der Waals surface area (Å²) >= 11 is 0. The van der Waals surface area contributed by atoms with Gasteiger partial charge in [0.1, 0.15) is 0 Å². The molecule has 1 N–H and O–H groups in total. The minimum absolute atomic E-state index is 0.602. The summed E-state index contributed by atoms with van der Waals surface area (Å²) in [5.41, 5.74) is 4.15. The van der Waals surface area contributed by atoms with Gasteiger partial charge in [-0.15, -0.1) is 0 Å². The van der Waals surface area contributed by atoms with E-state index in [4.69, 9.17) is 0 Å². The van der Waals surface area contributed by atoms with E-state index in [1.54, 1.807) is 0 Å². The van der Waals surface area contributed by atoms with Crippen molar-refractivity contribution in [2.75, 3.05) is 19.6 Å². The predicted octanol–water partition coefficient (Wildman–Crippen LogP) is 1.34. The maximum atomic E-state index is 4.66. The lowest BCUT2D eigenvalue weighted by molar-refractivity contribution is 0.199. The van der Waals surface area contributed by atoms with Crippen molar-refractivity contribution in [2.24, 2.45) is 7.05 Å². The summed E-state index contributed by atoms with van der Waals surface area (Å²) in [6.07, 6.45) is 2.10. The number of rotatable bonds is 4. The first-order valence-corrected chi connectivity index (χ1v) is 7.15. The SMILES string of the molecule is CCc1nn(C)c(CC)c1CN1CCN[C@H](C)C1. The molecule has 0 spiro atoms. The van der Waals surface area contributed by atoms with E-state index < -0.39 is 0 Å². The van der Waals surface area contributed by atoms with E-state index in [0.29, 0.717) is 6.04 Å². The molecule has 1 atom stereocenters. The second-order valence-corrected chi connectivity index (χ2v) is 5.29. The van der Waals surface area contributed by atoms with E-state index in [0.717, 1.165) is 39.0 Å². The van der Waals surface area contributed by atoms with Crippen LogP contribution in [-0.4, -0.2) is 40.4 Å². The van der Waals surface area contributed by atoms with Gasteiger partial charge in [0.2, 0.25) is 0 Å². The number of piperazine rings is 1. The van der Waals surface area contributed by atoms with Crippen LogP contribution in [0.2, 0.25) is 0 Å². The van der Waals surface area contributed by atoms with Crippen LogP contribution in [0, 0.1) is 0 Å². The number of hydrogen-bond acceptors (Lipinski definition) is 3. The van der Waals surface area contributed by atoms with Crippen LogP contribution in [0.5, 0.6) is 0 Å². The Balaban J connectivity index is 2.16. The van der Waals surface area contributed by atoms with Gasteiger partial charge in [-0.05, 0) is 19.8 Å². The summed E-state index contributed by atoms with van der Waals surface area (Å²) in [4.78, 5) is 2.55. The van der Waals surface area contributed by atoms with Crippen LogP contribution in [-0.2, 0) is 26.4 Å². The monoisotopic (exact) mass is 250 g/mol. The summed E-state index contributed by atoms with van der Waals surface area (Å²) < 4.78 is 2.07. The highest BCUT2D eigenvalue weighted by Crippen LogP contribution is 2.18. The highest BCUT2D eigenvalue weighted by atomic mass is 15.3. The van der Waals surface area contributed by atoms with E-state index in [-0.39, 0.29) is 0 Å². The average molecular weight is 250 g/mol. The second kappa shape index (κ2) is 5.85. The lowest BCUT2D eigenvalue weighted by atomic mass is 10.1. The topological polar surface area (TPSA) is 33.1 Å². The fraction of sp³-hybridized carbons (Fsp3) is 0.786. The molecule has 0 amide bonds. The third-order valence-electron chi connectivity index (χ3n) is 3.86. The van der Waals surface area contributed by atoms with E-state index in [1.165, 1.54) is 17.0 Å². The van der Waals surface area contributed by atoms with Gasteiger partial charge in [0.15, 0.2) is 0 Å². The Morgan fingerprint density at radius 3 is 2.72 bits per heavy atom. The van der Waals surface area contributed by atoms with Crippen molar-refractivity contribution < 1.29 is 0 Å². The maximum Gasteiger partial charge on any atom is 0.0669 e. The van der Waals surface area contributed by atoms with Gasteiger partial charge in [0.05, 0.1) is 5.69 Å². The number of hydrogen-bond donors (Lipinski definition) is 1. The Hall–Kier alpha value is -0.870. The smallest absolute Gasteiger partial charge is 0.0669 e. The lowest BCUT2D eigenvalue weighted by Crippen LogP contribution is -2.48. The predicted molar refractivity (Wildman–Crippen MR) is 74.7 cm³/mol. The highest BCUT2D eigenvalue weighted by molar-refractivity contribution is 5.26. The molecule has 1 aromatic heterocycles. The lowest BCUT2D eigenvalue weighted by Gasteiger charge is -2.32. The number of nitrogens with one attached hydrogen (secondary N) is 1. The fourth-order valence-corrected chi connectivity index (χ4v) is 2.95. The van der Waals surface area contributed by atoms with Gasteiger partial charge in [-0.25, -0.2) is 0 Å². The molecular formula is C14H26N4. The van der Waals surface area contributed by atoms with Crippen molar-refractivity contribution >= 4 is 0 Å². The van der Waals surface area contributed by atoms with E-state index in [9.17, 15) is 0 Å². The molecule has 0 radical (unpaired) electrons. The third-order valence-corrected chi connectivity index (χ3v) is 3.86. The highest BCUT2D eigenvalue weighted by Gasteiger charge is 2.20. The second-order valence-electron chi connectivity index (χ2n) is 5.29. The molecule has 1 fully saturated rings. The van der Waals surface area contributed by atoms with E-state index in [2.05, 4.69) is 47.8 Å². The molecule has 18 heavy (non-hydrogen) atoms. The summed E-state index contributed by atoms with van der Waals surface area (Å²) in [5.74, 6) is 0. The first kappa shape index (κ1) is 13.6. The number of aryl methyl sites for hydroxylation is 2. The van der Waals surface area contributed by atoms with Crippen LogP contribution in [0.25, 0.3) is 0 Å². The average Bonchev–Trinajstić information content (AvgIpc) is 2.65. The van der Waals surface area contributed by atoms with Crippen molar-refractivity contribution in [1.29, 1.82) is 0 Å². The molecule has 1 saturated heterocycles. The van der Waals surface area contributed by atoms with Crippen LogP contribution in [0.3, 0.4) is 0 Å². The van der Waals surface area contributed by atoms with Crippen LogP contribution in [0.4, 0.5) is 0 Å². The standard InChI is InChI=1S/C14H26N4/c1-5-13-12(14(6-2)17(4)16-13)10-18-8-7-15-11(3)9-18/h11,15H,5-10H2,1-4H3/t11-/m1/s1. The van der Waals surface area contributed by atoms with Gasteiger partial charge < -0.3 is 5.32 Å². The molecule has 0 bridgehead atoms. The van der Waals surface area contributed by atoms with Crippen LogP contribution in [0.15, 0.2) is 0 Å². The van der Waals surface area contributed by atoms with Crippen molar-refractivity contribution in [1.82, 2.24) is 20.0 Å². The molecule has 1 aromatic rings. The third kappa shape index (κ3) is 2.75. The first-order chi connectivity index (χ1) is 8.65. The van der Waals surface area contributed by atoms with Crippen molar-refractivity contribution in [3.63, 3.8) is 0 Å². The minimum Gasteiger partial charge on any atom is -0.312 e. The zero-order valence-electron chi connectivity index (χ0n) is 12.2.